The first-order valence-electron chi connectivity index (χ1n) is 12.2. The van der Waals surface area contributed by atoms with Crippen LogP contribution in [0.2, 0.25) is 5.02 Å². The summed E-state index contributed by atoms with van der Waals surface area (Å²) in [6.07, 6.45) is 4.90. The molecule has 0 amide bonds. The lowest BCUT2D eigenvalue weighted by molar-refractivity contribution is 0.685. The molecule has 0 radical (unpaired) electrons. The van der Waals surface area contributed by atoms with Crippen LogP contribution in [0.25, 0.3) is 44.3 Å². The molecule has 2 aromatic carbocycles. The minimum Gasteiger partial charge on any atom is -0.346 e. The molecule has 0 spiro atoms. The standard InChI is InChI=1S/C30H22ClN5O2S/c1-18-9-10-23(16-33-18)36-39(38)17-22-15-34-30-25(29(22)37)14-24(27(35-30)19-6-3-2-4-7-19)21-12-20-8-5-11-32-28(20)26(31)13-21/h2-16,36H,17H2,1H3,(H,34,35,37). The summed E-state index contributed by atoms with van der Waals surface area (Å²) in [4.78, 5) is 30.2. The second-order valence-corrected chi connectivity index (χ2v) is 10.7. The highest BCUT2D eigenvalue weighted by molar-refractivity contribution is 7.85. The molecule has 1 atom stereocenters. The van der Waals surface area contributed by atoms with E-state index in [0.717, 1.165) is 27.8 Å². The van der Waals surface area contributed by atoms with Crippen LogP contribution in [-0.2, 0) is 16.7 Å². The van der Waals surface area contributed by atoms with Crippen LogP contribution >= 0.6 is 11.6 Å². The Bertz CT molecular complexity index is 1930. The number of pyridine rings is 4. The summed E-state index contributed by atoms with van der Waals surface area (Å²) in [5, 5.41) is 1.80. The van der Waals surface area contributed by atoms with Gasteiger partial charge in [0.05, 0.1) is 39.3 Å². The molecule has 0 aliphatic heterocycles. The predicted molar refractivity (Wildman–Crippen MR) is 158 cm³/mol. The highest BCUT2D eigenvalue weighted by atomic mass is 35.5. The molecule has 0 saturated carbocycles. The summed E-state index contributed by atoms with van der Waals surface area (Å²) in [7, 11) is -1.53. The van der Waals surface area contributed by atoms with Gasteiger partial charge in [0.2, 0.25) is 0 Å². The van der Waals surface area contributed by atoms with E-state index in [1.54, 1.807) is 24.7 Å². The van der Waals surface area contributed by atoms with Crippen molar-refractivity contribution in [3.05, 3.63) is 118 Å². The Morgan fingerprint density at radius 1 is 0.974 bits per heavy atom. The van der Waals surface area contributed by atoms with Gasteiger partial charge in [0.25, 0.3) is 0 Å². The topological polar surface area (TPSA) is 101 Å². The molecule has 0 saturated heterocycles. The summed E-state index contributed by atoms with van der Waals surface area (Å²) >= 11 is 6.62. The molecule has 1 unspecified atom stereocenters. The van der Waals surface area contributed by atoms with Crippen LogP contribution in [0.3, 0.4) is 0 Å². The molecule has 192 valence electrons. The van der Waals surface area contributed by atoms with Gasteiger partial charge in [-0.3, -0.25) is 14.8 Å². The van der Waals surface area contributed by atoms with E-state index in [1.807, 2.05) is 73.7 Å². The van der Waals surface area contributed by atoms with Crippen molar-refractivity contribution in [1.29, 1.82) is 0 Å². The molecular weight excluding hydrogens is 530 g/mol. The van der Waals surface area contributed by atoms with Crippen molar-refractivity contribution < 1.29 is 4.21 Å². The molecule has 0 aliphatic carbocycles. The van der Waals surface area contributed by atoms with Gasteiger partial charge in [-0.2, -0.15) is 0 Å². The van der Waals surface area contributed by atoms with E-state index in [0.29, 0.717) is 38.5 Å². The number of rotatable bonds is 6. The van der Waals surface area contributed by atoms with Gasteiger partial charge in [0.1, 0.15) is 16.6 Å². The fourth-order valence-corrected chi connectivity index (χ4v) is 5.70. The minimum atomic E-state index is -1.53. The number of nitrogens with one attached hydrogen (secondary N) is 2. The number of nitrogens with zero attached hydrogens (tertiary/aromatic N) is 3. The predicted octanol–water partition coefficient (Wildman–Crippen LogP) is 6.44. The van der Waals surface area contributed by atoms with Crippen molar-refractivity contribution in [3.8, 4) is 22.4 Å². The fourth-order valence-electron chi connectivity index (χ4n) is 4.47. The van der Waals surface area contributed by atoms with Crippen molar-refractivity contribution in [2.75, 3.05) is 4.72 Å². The molecule has 0 bridgehead atoms. The summed E-state index contributed by atoms with van der Waals surface area (Å²) in [6.45, 7) is 1.88. The average molecular weight is 552 g/mol. The number of hydrogen-bond donors (Lipinski definition) is 2. The monoisotopic (exact) mass is 551 g/mol. The van der Waals surface area contributed by atoms with Gasteiger partial charge in [-0.1, -0.05) is 48.0 Å². The number of benzene rings is 2. The first-order valence-corrected chi connectivity index (χ1v) is 13.9. The first-order chi connectivity index (χ1) is 19.0. The van der Waals surface area contributed by atoms with Crippen LogP contribution in [0.5, 0.6) is 0 Å². The van der Waals surface area contributed by atoms with Gasteiger partial charge in [-0.25, -0.2) is 9.19 Å². The number of aryl methyl sites for hydroxylation is 1. The zero-order chi connectivity index (χ0) is 26.9. The van der Waals surface area contributed by atoms with Crippen LogP contribution in [-0.4, -0.2) is 24.1 Å². The fraction of sp³-hybridized carbons (Fsp3) is 0.0667. The molecule has 4 aromatic heterocycles. The summed E-state index contributed by atoms with van der Waals surface area (Å²) < 4.78 is 15.7. The van der Waals surface area contributed by atoms with Crippen molar-refractivity contribution in [2.45, 2.75) is 12.7 Å². The van der Waals surface area contributed by atoms with E-state index in [4.69, 9.17) is 16.6 Å². The van der Waals surface area contributed by atoms with E-state index in [1.165, 1.54) is 0 Å². The largest absolute Gasteiger partial charge is 0.346 e. The van der Waals surface area contributed by atoms with Crippen LogP contribution in [0.15, 0.2) is 96.2 Å². The summed E-state index contributed by atoms with van der Waals surface area (Å²) in [6, 6.07) is 22.9. The van der Waals surface area contributed by atoms with Crippen molar-refractivity contribution in [3.63, 3.8) is 0 Å². The van der Waals surface area contributed by atoms with Gasteiger partial charge in [0.15, 0.2) is 5.43 Å². The van der Waals surface area contributed by atoms with E-state index >= 15 is 0 Å². The molecule has 0 aliphatic rings. The Hall–Kier alpha value is -4.40. The quantitative estimate of drug-likeness (QED) is 0.248. The third kappa shape index (κ3) is 5.04. The molecule has 6 rings (SSSR count). The average Bonchev–Trinajstić information content (AvgIpc) is 2.96. The highest BCUT2D eigenvalue weighted by Crippen LogP contribution is 2.36. The van der Waals surface area contributed by atoms with Crippen LogP contribution in [0.1, 0.15) is 11.3 Å². The SMILES string of the molecule is Cc1ccc(NS(=O)Cc2c[nH]c3nc(-c4ccccc4)c(-c4cc(Cl)c5ncccc5c4)cc3c2=O)cn1. The third-order valence-electron chi connectivity index (χ3n) is 6.39. The van der Waals surface area contributed by atoms with Crippen LogP contribution < -0.4 is 10.2 Å². The van der Waals surface area contributed by atoms with E-state index in [-0.39, 0.29) is 11.2 Å². The Kier molecular flexibility index (Phi) is 6.64. The first kappa shape index (κ1) is 24.9. The van der Waals surface area contributed by atoms with Crippen molar-refractivity contribution in [1.82, 2.24) is 19.9 Å². The molecule has 39 heavy (non-hydrogen) atoms. The maximum absolute atomic E-state index is 13.6. The summed E-state index contributed by atoms with van der Waals surface area (Å²) in [5.74, 6) is 0.0163. The number of anilines is 1. The second kappa shape index (κ2) is 10.4. The number of fused-ring (bicyclic) bond motifs is 2. The summed E-state index contributed by atoms with van der Waals surface area (Å²) in [5.41, 5.74) is 5.97. The van der Waals surface area contributed by atoms with Crippen molar-refractivity contribution >= 4 is 50.2 Å². The number of aromatic nitrogens is 4. The zero-order valence-corrected chi connectivity index (χ0v) is 22.4. The zero-order valence-electron chi connectivity index (χ0n) is 20.8. The van der Waals surface area contributed by atoms with Crippen molar-refractivity contribution in [2.24, 2.45) is 0 Å². The lowest BCUT2D eigenvalue weighted by atomic mass is 9.96. The Morgan fingerprint density at radius 2 is 1.82 bits per heavy atom. The molecular formula is C30H22ClN5O2S. The van der Waals surface area contributed by atoms with Crippen LogP contribution in [0, 0.1) is 6.92 Å². The maximum atomic E-state index is 13.6. The van der Waals surface area contributed by atoms with E-state index in [2.05, 4.69) is 19.7 Å². The van der Waals surface area contributed by atoms with Gasteiger partial charge in [-0.15, -0.1) is 0 Å². The number of aromatic amines is 1. The molecule has 9 heteroatoms. The van der Waals surface area contributed by atoms with Crippen LogP contribution in [0.4, 0.5) is 5.69 Å². The lowest BCUT2D eigenvalue weighted by Crippen LogP contribution is -2.16. The van der Waals surface area contributed by atoms with E-state index in [9.17, 15) is 9.00 Å². The smallest absolute Gasteiger partial charge is 0.195 e. The highest BCUT2D eigenvalue weighted by Gasteiger charge is 2.17. The minimum absolute atomic E-state index is 0.0163. The van der Waals surface area contributed by atoms with Gasteiger partial charge in [-0.05, 0) is 48.9 Å². The lowest BCUT2D eigenvalue weighted by Gasteiger charge is -2.13. The number of halogens is 1. The third-order valence-corrected chi connectivity index (χ3v) is 7.71. The van der Waals surface area contributed by atoms with E-state index < -0.39 is 11.0 Å². The van der Waals surface area contributed by atoms with Gasteiger partial charge in [0, 0.05) is 40.2 Å². The Morgan fingerprint density at radius 3 is 2.62 bits per heavy atom. The molecule has 4 heterocycles. The number of hydrogen-bond acceptors (Lipinski definition) is 5. The van der Waals surface area contributed by atoms with Gasteiger partial charge >= 0.3 is 0 Å². The molecule has 7 nitrogen and oxygen atoms in total. The molecule has 0 fully saturated rings. The molecule has 6 aromatic rings. The Balaban J connectivity index is 1.47. The second-order valence-electron chi connectivity index (χ2n) is 9.10. The Labute approximate surface area is 231 Å². The molecule has 2 N–H and O–H groups in total. The maximum Gasteiger partial charge on any atom is 0.195 e. The normalized spacial score (nSPS) is 12.1. The van der Waals surface area contributed by atoms with Gasteiger partial charge < -0.3 is 9.71 Å². The number of H-pyrrole nitrogens is 1.